The second kappa shape index (κ2) is 12.0. The summed E-state index contributed by atoms with van der Waals surface area (Å²) in [5, 5.41) is 12.5. The Morgan fingerprint density at radius 3 is 2.50 bits per heavy atom. The Balaban J connectivity index is 1.49. The van der Waals surface area contributed by atoms with Gasteiger partial charge in [-0.3, -0.25) is 9.59 Å². The predicted molar refractivity (Wildman–Crippen MR) is 126 cm³/mol. The van der Waals surface area contributed by atoms with Crippen molar-refractivity contribution in [2.45, 2.75) is 58.4 Å². The molecule has 2 aromatic rings. The molecule has 0 saturated carbocycles. The number of nitrogens with one attached hydrogen (secondary N) is 1. The molecule has 0 unspecified atom stereocenters. The van der Waals surface area contributed by atoms with E-state index in [1.54, 1.807) is 24.4 Å². The fourth-order valence-corrected chi connectivity index (χ4v) is 4.01. The van der Waals surface area contributed by atoms with E-state index in [2.05, 4.69) is 26.1 Å². The SMILES string of the molecule is COC(=O)CCCCC(=O)N1CCC(Nc2nccc(Oc3c(C)cc(C#N)cc3C)n2)CC1. The molecular formula is C25H31N5O4. The van der Waals surface area contributed by atoms with Crippen LogP contribution in [0.2, 0.25) is 0 Å². The molecule has 1 amide bonds. The van der Waals surface area contributed by atoms with Crippen molar-refractivity contribution in [3.05, 3.63) is 41.1 Å². The number of amides is 1. The number of methoxy groups -OCH3 is 1. The summed E-state index contributed by atoms with van der Waals surface area (Å²) in [5.41, 5.74) is 2.33. The highest BCUT2D eigenvalue weighted by atomic mass is 16.5. The first-order valence-electron chi connectivity index (χ1n) is 11.5. The topological polar surface area (TPSA) is 117 Å². The van der Waals surface area contributed by atoms with E-state index in [0.29, 0.717) is 61.9 Å². The minimum atomic E-state index is -0.238. The quantitative estimate of drug-likeness (QED) is 0.438. The Bertz CT molecular complexity index is 1030. The molecule has 0 atom stereocenters. The van der Waals surface area contributed by atoms with E-state index in [9.17, 15) is 9.59 Å². The molecule has 0 bridgehead atoms. The van der Waals surface area contributed by atoms with Crippen molar-refractivity contribution >= 4 is 17.8 Å². The lowest BCUT2D eigenvalue weighted by molar-refractivity contribution is -0.141. The highest BCUT2D eigenvalue weighted by Crippen LogP contribution is 2.29. The molecule has 1 aliphatic heterocycles. The third-order valence-electron chi connectivity index (χ3n) is 5.86. The minimum Gasteiger partial charge on any atom is -0.469 e. The van der Waals surface area contributed by atoms with Gasteiger partial charge < -0.3 is 19.7 Å². The molecule has 0 radical (unpaired) electrons. The largest absolute Gasteiger partial charge is 0.469 e. The highest BCUT2D eigenvalue weighted by molar-refractivity contribution is 5.76. The van der Waals surface area contributed by atoms with Crippen LogP contribution in [-0.2, 0) is 14.3 Å². The van der Waals surface area contributed by atoms with Gasteiger partial charge in [0.25, 0.3) is 0 Å². The van der Waals surface area contributed by atoms with Crippen molar-refractivity contribution in [1.82, 2.24) is 14.9 Å². The molecule has 34 heavy (non-hydrogen) atoms. The number of nitrogens with zero attached hydrogens (tertiary/aromatic N) is 4. The average molecular weight is 466 g/mol. The van der Waals surface area contributed by atoms with E-state index in [4.69, 9.17) is 10.00 Å². The summed E-state index contributed by atoms with van der Waals surface area (Å²) >= 11 is 0. The third-order valence-corrected chi connectivity index (χ3v) is 5.86. The number of ether oxygens (including phenoxy) is 2. The van der Waals surface area contributed by atoms with Crippen LogP contribution in [-0.4, -0.2) is 53.0 Å². The van der Waals surface area contributed by atoms with Crippen molar-refractivity contribution in [3.63, 3.8) is 0 Å². The fourth-order valence-electron chi connectivity index (χ4n) is 4.01. The van der Waals surface area contributed by atoms with Crippen molar-refractivity contribution in [1.29, 1.82) is 5.26 Å². The molecular weight excluding hydrogens is 434 g/mol. The lowest BCUT2D eigenvalue weighted by Crippen LogP contribution is -2.42. The van der Waals surface area contributed by atoms with Crippen molar-refractivity contribution in [3.8, 4) is 17.7 Å². The zero-order chi connectivity index (χ0) is 24.5. The van der Waals surface area contributed by atoms with Crippen LogP contribution in [0, 0.1) is 25.2 Å². The number of aryl methyl sites for hydroxylation is 2. The standard InChI is InChI=1S/C25H31N5O4/c1-17-14-19(16-26)15-18(2)24(17)34-21-8-11-27-25(29-21)28-20-9-12-30(13-10-20)22(31)6-4-5-7-23(32)33-3/h8,11,14-15,20H,4-7,9-10,12-13H2,1-3H3,(H,27,28,29). The molecule has 9 nitrogen and oxygen atoms in total. The lowest BCUT2D eigenvalue weighted by Gasteiger charge is -2.32. The van der Waals surface area contributed by atoms with Gasteiger partial charge in [-0.1, -0.05) is 0 Å². The van der Waals surface area contributed by atoms with Gasteiger partial charge in [-0.05, 0) is 62.8 Å². The summed E-state index contributed by atoms with van der Waals surface area (Å²) in [7, 11) is 1.37. The second-order valence-electron chi connectivity index (χ2n) is 8.45. The number of hydrogen-bond acceptors (Lipinski definition) is 8. The van der Waals surface area contributed by atoms with Gasteiger partial charge in [0.05, 0.1) is 18.7 Å². The maximum Gasteiger partial charge on any atom is 0.305 e. The number of benzene rings is 1. The molecule has 2 heterocycles. The van der Waals surface area contributed by atoms with Crippen LogP contribution in [0.3, 0.4) is 0 Å². The maximum atomic E-state index is 12.4. The molecule has 1 aromatic carbocycles. The van der Waals surface area contributed by atoms with Crippen LogP contribution in [0.15, 0.2) is 24.4 Å². The second-order valence-corrected chi connectivity index (χ2v) is 8.45. The maximum absolute atomic E-state index is 12.4. The molecule has 3 rings (SSSR count). The Labute approximate surface area is 200 Å². The molecule has 0 aliphatic carbocycles. The van der Waals surface area contributed by atoms with E-state index >= 15 is 0 Å². The molecule has 1 aliphatic rings. The van der Waals surface area contributed by atoms with E-state index < -0.39 is 0 Å². The average Bonchev–Trinajstić information content (AvgIpc) is 2.84. The number of piperidine rings is 1. The number of esters is 1. The number of likely N-dealkylation sites (tertiary alicyclic amines) is 1. The number of carbonyl (C=O) groups is 2. The molecule has 1 fully saturated rings. The lowest BCUT2D eigenvalue weighted by atomic mass is 10.0. The number of rotatable bonds is 9. The third kappa shape index (κ3) is 6.91. The van der Waals surface area contributed by atoms with Crippen LogP contribution < -0.4 is 10.1 Å². The van der Waals surface area contributed by atoms with Crippen LogP contribution in [0.4, 0.5) is 5.95 Å². The number of nitriles is 1. The minimum absolute atomic E-state index is 0.128. The molecule has 0 spiro atoms. The van der Waals surface area contributed by atoms with Gasteiger partial charge in [0, 0.05) is 44.2 Å². The Morgan fingerprint density at radius 2 is 1.85 bits per heavy atom. The molecule has 1 N–H and O–H groups in total. The van der Waals surface area contributed by atoms with E-state index in [0.717, 1.165) is 24.0 Å². The number of hydrogen-bond donors (Lipinski definition) is 1. The molecule has 1 aromatic heterocycles. The Kier molecular flexibility index (Phi) is 8.79. The van der Waals surface area contributed by atoms with E-state index in [1.165, 1.54) is 7.11 Å². The number of anilines is 1. The van der Waals surface area contributed by atoms with Crippen molar-refractivity contribution in [2.24, 2.45) is 0 Å². The Hall–Kier alpha value is -3.67. The summed E-state index contributed by atoms with van der Waals surface area (Å²) in [6.07, 6.45) is 5.39. The molecule has 1 saturated heterocycles. The highest BCUT2D eigenvalue weighted by Gasteiger charge is 2.23. The van der Waals surface area contributed by atoms with Gasteiger partial charge in [0.15, 0.2) is 0 Å². The predicted octanol–water partition coefficient (Wildman–Crippen LogP) is 3.89. The zero-order valence-corrected chi connectivity index (χ0v) is 20.0. The molecule has 180 valence electrons. The first-order valence-corrected chi connectivity index (χ1v) is 11.5. The summed E-state index contributed by atoms with van der Waals surface area (Å²) in [6.45, 7) is 5.15. The Morgan fingerprint density at radius 1 is 1.18 bits per heavy atom. The monoisotopic (exact) mass is 465 g/mol. The first-order chi connectivity index (χ1) is 16.4. The summed E-state index contributed by atoms with van der Waals surface area (Å²) < 4.78 is 10.6. The van der Waals surface area contributed by atoms with E-state index in [1.807, 2.05) is 18.7 Å². The van der Waals surface area contributed by atoms with Gasteiger partial charge in [-0.25, -0.2) is 4.98 Å². The van der Waals surface area contributed by atoms with Gasteiger partial charge in [0.1, 0.15) is 5.75 Å². The van der Waals surface area contributed by atoms with Gasteiger partial charge in [-0.15, -0.1) is 0 Å². The van der Waals surface area contributed by atoms with Gasteiger partial charge in [-0.2, -0.15) is 10.2 Å². The van der Waals surface area contributed by atoms with Crippen LogP contribution >= 0.6 is 0 Å². The normalized spacial score (nSPS) is 13.8. The number of carbonyl (C=O) groups excluding carboxylic acids is 2. The van der Waals surface area contributed by atoms with Gasteiger partial charge in [0.2, 0.25) is 17.7 Å². The summed E-state index contributed by atoms with van der Waals surface area (Å²) in [6, 6.07) is 7.59. The fraction of sp³-hybridized carbons (Fsp3) is 0.480. The van der Waals surface area contributed by atoms with Crippen LogP contribution in [0.25, 0.3) is 0 Å². The first kappa shape index (κ1) is 25.0. The summed E-state index contributed by atoms with van der Waals surface area (Å²) in [4.78, 5) is 34.3. The van der Waals surface area contributed by atoms with Crippen LogP contribution in [0.1, 0.15) is 55.2 Å². The number of aromatic nitrogens is 2. The molecule has 9 heteroatoms. The smallest absolute Gasteiger partial charge is 0.305 e. The van der Waals surface area contributed by atoms with Crippen molar-refractivity contribution in [2.75, 3.05) is 25.5 Å². The van der Waals surface area contributed by atoms with Crippen LogP contribution in [0.5, 0.6) is 11.6 Å². The van der Waals surface area contributed by atoms with Crippen molar-refractivity contribution < 1.29 is 19.1 Å². The summed E-state index contributed by atoms with van der Waals surface area (Å²) in [5.74, 6) is 1.48. The van der Waals surface area contributed by atoms with Gasteiger partial charge >= 0.3 is 5.97 Å². The van der Waals surface area contributed by atoms with E-state index in [-0.39, 0.29) is 17.9 Å². The number of unbranched alkanes of at least 4 members (excludes halogenated alkanes) is 1. The zero-order valence-electron chi connectivity index (χ0n) is 20.0.